The number of hydrogen-bond donors (Lipinski definition) is 1. The molecule has 0 spiro atoms. The molecular weight excluding hydrogens is 338 g/mol. The summed E-state index contributed by atoms with van der Waals surface area (Å²) in [6.07, 6.45) is 0.203. The average Bonchev–Trinajstić information content (AvgIpc) is 2.72. The summed E-state index contributed by atoms with van der Waals surface area (Å²) < 4.78 is 5.17. The number of carbonyl (C=O) groups is 1. The van der Waals surface area contributed by atoms with Crippen LogP contribution < -0.4 is 5.73 Å². The van der Waals surface area contributed by atoms with Gasteiger partial charge in [0.1, 0.15) is 0 Å². The van der Waals surface area contributed by atoms with Crippen molar-refractivity contribution in [3.63, 3.8) is 0 Å². The van der Waals surface area contributed by atoms with Gasteiger partial charge in [0.2, 0.25) is 0 Å². The van der Waals surface area contributed by atoms with E-state index in [0.717, 1.165) is 16.7 Å². The molecule has 25 heavy (non-hydrogen) atoms. The molecule has 3 rings (SSSR count). The molecule has 0 aliphatic carbocycles. The normalized spacial score (nSPS) is 16.7. The molecule has 0 aromatic heterocycles. The van der Waals surface area contributed by atoms with Crippen LogP contribution in [0.25, 0.3) is 0 Å². The molecule has 0 bridgehead atoms. The zero-order chi connectivity index (χ0) is 18.0. The van der Waals surface area contributed by atoms with E-state index in [1.807, 2.05) is 49.4 Å². The minimum absolute atomic E-state index is 0.134. The largest absolute Gasteiger partial charge is 0.448 e. The number of halogens is 1. The summed E-state index contributed by atoms with van der Waals surface area (Å²) in [5, 5.41) is 6.66. The fourth-order valence-corrected chi connectivity index (χ4v) is 3.05. The Morgan fingerprint density at radius 3 is 2.72 bits per heavy atom. The Bertz CT molecular complexity index is 818. The molecule has 2 N–H and O–H groups in total. The minimum atomic E-state index is -0.457. The first kappa shape index (κ1) is 17.3. The van der Waals surface area contributed by atoms with Gasteiger partial charge in [-0.2, -0.15) is 10.1 Å². The second-order valence-corrected chi connectivity index (χ2v) is 6.41. The highest BCUT2D eigenvalue weighted by molar-refractivity contribution is 6.31. The third-order valence-corrected chi connectivity index (χ3v) is 4.34. The zero-order valence-corrected chi connectivity index (χ0v) is 15.0. The van der Waals surface area contributed by atoms with E-state index < -0.39 is 6.09 Å². The van der Waals surface area contributed by atoms with Gasteiger partial charge in [0, 0.05) is 21.8 Å². The molecule has 2 aromatic carbocycles. The maximum absolute atomic E-state index is 12.4. The van der Waals surface area contributed by atoms with Gasteiger partial charge in [0.25, 0.3) is 0 Å². The SMILES string of the molecule is CCOC(=O)N1N=C(c2ccc(N)cc2)c2cc(Cl)ccc2CC1C. The number of benzene rings is 2. The maximum Gasteiger partial charge on any atom is 0.430 e. The van der Waals surface area contributed by atoms with Crippen LogP contribution in [0.15, 0.2) is 47.6 Å². The topological polar surface area (TPSA) is 67.9 Å². The van der Waals surface area contributed by atoms with Crippen molar-refractivity contribution in [2.45, 2.75) is 26.3 Å². The Labute approximate surface area is 152 Å². The molecule has 1 aliphatic heterocycles. The highest BCUT2D eigenvalue weighted by atomic mass is 35.5. The van der Waals surface area contributed by atoms with Gasteiger partial charge in [-0.1, -0.05) is 29.8 Å². The van der Waals surface area contributed by atoms with Crippen molar-refractivity contribution in [1.82, 2.24) is 5.01 Å². The number of rotatable bonds is 2. The molecule has 130 valence electrons. The summed E-state index contributed by atoms with van der Waals surface area (Å²) in [6.45, 7) is 4.03. The van der Waals surface area contributed by atoms with Crippen molar-refractivity contribution in [2.75, 3.05) is 12.3 Å². The van der Waals surface area contributed by atoms with E-state index in [0.29, 0.717) is 29.4 Å². The second-order valence-electron chi connectivity index (χ2n) is 5.97. The number of nitrogens with zero attached hydrogens (tertiary/aromatic N) is 2. The minimum Gasteiger partial charge on any atom is -0.448 e. The molecule has 1 aliphatic rings. The first-order chi connectivity index (χ1) is 12.0. The molecular formula is C19H20ClN3O2. The van der Waals surface area contributed by atoms with E-state index in [4.69, 9.17) is 22.1 Å². The molecule has 0 fully saturated rings. The summed E-state index contributed by atoms with van der Waals surface area (Å²) in [7, 11) is 0. The molecule has 1 atom stereocenters. The van der Waals surface area contributed by atoms with Crippen LogP contribution in [0.1, 0.15) is 30.5 Å². The van der Waals surface area contributed by atoms with Gasteiger partial charge in [0.15, 0.2) is 0 Å². The molecule has 5 nitrogen and oxygen atoms in total. The third-order valence-electron chi connectivity index (χ3n) is 4.11. The fraction of sp³-hybridized carbons (Fsp3) is 0.263. The molecule has 0 saturated carbocycles. The van der Waals surface area contributed by atoms with Crippen molar-refractivity contribution < 1.29 is 9.53 Å². The summed E-state index contributed by atoms with van der Waals surface area (Å²) in [5.41, 5.74) is 10.00. The Hall–Kier alpha value is -2.53. The molecule has 1 heterocycles. The summed E-state index contributed by atoms with van der Waals surface area (Å²) >= 11 is 6.21. The quantitative estimate of drug-likeness (QED) is 0.823. The fourth-order valence-electron chi connectivity index (χ4n) is 2.88. The van der Waals surface area contributed by atoms with Crippen LogP contribution in [0.3, 0.4) is 0 Å². The molecule has 2 aromatic rings. The van der Waals surface area contributed by atoms with E-state index in [1.54, 1.807) is 6.92 Å². The number of hydrogen-bond acceptors (Lipinski definition) is 4. The average molecular weight is 358 g/mol. The lowest BCUT2D eigenvalue weighted by molar-refractivity contribution is 0.0951. The number of ether oxygens (including phenoxy) is 1. The van der Waals surface area contributed by atoms with Gasteiger partial charge in [-0.15, -0.1) is 0 Å². The highest BCUT2D eigenvalue weighted by Crippen LogP contribution is 2.27. The van der Waals surface area contributed by atoms with Crippen molar-refractivity contribution in [3.05, 3.63) is 64.2 Å². The number of amides is 1. The first-order valence-corrected chi connectivity index (χ1v) is 8.56. The number of hydrazone groups is 1. The lowest BCUT2D eigenvalue weighted by Crippen LogP contribution is -2.35. The Morgan fingerprint density at radius 1 is 1.32 bits per heavy atom. The van der Waals surface area contributed by atoms with Crippen LogP contribution in [-0.2, 0) is 11.2 Å². The van der Waals surface area contributed by atoms with Gasteiger partial charge >= 0.3 is 6.09 Å². The van der Waals surface area contributed by atoms with Crippen LogP contribution in [0, 0.1) is 0 Å². The summed E-state index contributed by atoms with van der Waals surface area (Å²) in [4.78, 5) is 12.4. The number of fused-ring (bicyclic) bond motifs is 1. The predicted molar refractivity (Wildman–Crippen MR) is 100.0 cm³/mol. The van der Waals surface area contributed by atoms with Gasteiger partial charge < -0.3 is 10.5 Å². The zero-order valence-electron chi connectivity index (χ0n) is 14.2. The predicted octanol–water partition coefficient (Wildman–Crippen LogP) is 4.08. The smallest absolute Gasteiger partial charge is 0.430 e. The van der Waals surface area contributed by atoms with E-state index in [-0.39, 0.29) is 6.04 Å². The van der Waals surface area contributed by atoms with E-state index in [2.05, 4.69) is 5.10 Å². The first-order valence-electron chi connectivity index (χ1n) is 8.19. The summed E-state index contributed by atoms with van der Waals surface area (Å²) in [5.74, 6) is 0. The van der Waals surface area contributed by atoms with Gasteiger partial charge in [-0.05, 0) is 50.1 Å². The van der Waals surface area contributed by atoms with E-state index >= 15 is 0 Å². The van der Waals surface area contributed by atoms with Gasteiger partial charge in [-0.3, -0.25) is 0 Å². The van der Waals surface area contributed by atoms with Crippen LogP contribution in [0.5, 0.6) is 0 Å². The number of nitrogens with two attached hydrogens (primary N) is 1. The molecule has 0 radical (unpaired) electrons. The van der Waals surface area contributed by atoms with Gasteiger partial charge in [-0.25, -0.2) is 4.79 Å². The van der Waals surface area contributed by atoms with Crippen molar-refractivity contribution >= 4 is 29.1 Å². The Kier molecular flexibility index (Phi) is 4.95. The van der Waals surface area contributed by atoms with E-state index in [9.17, 15) is 4.79 Å². The highest BCUT2D eigenvalue weighted by Gasteiger charge is 2.28. The van der Waals surface area contributed by atoms with Crippen LogP contribution >= 0.6 is 11.6 Å². The van der Waals surface area contributed by atoms with Crippen molar-refractivity contribution in [3.8, 4) is 0 Å². The maximum atomic E-state index is 12.4. The lowest BCUT2D eigenvalue weighted by Gasteiger charge is -2.22. The van der Waals surface area contributed by atoms with Gasteiger partial charge in [0.05, 0.1) is 18.4 Å². The van der Waals surface area contributed by atoms with Crippen molar-refractivity contribution in [2.24, 2.45) is 5.10 Å². The number of nitrogen functional groups attached to an aromatic ring is 1. The number of anilines is 1. The van der Waals surface area contributed by atoms with E-state index in [1.165, 1.54) is 5.01 Å². The summed E-state index contributed by atoms with van der Waals surface area (Å²) in [6, 6.07) is 13.0. The lowest BCUT2D eigenvalue weighted by atomic mass is 9.95. The second kappa shape index (κ2) is 7.15. The molecule has 6 heteroatoms. The van der Waals surface area contributed by atoms with Crippen LogP contribution in [-0.4, -0.2) is 29.5 Å². The third kappa shape index (κ3) is 3.61. The van der Waals surface area contributed by atoms with Crippen molar-refractivity contribution in [1.29, 1.82) is 0 Å². The van der Waals surface area contributed by atoms with Crippen LogP contribution in [0.2, 0.25) is 5.02 Å². The van der Waals surface area contributed by atoms with Crippen LogP contribution in [0.4, 0.5) is 10.5 Å². The Morgan fingerprint density at radius 2 is 2.04 bits per heavy atom. The number of carbonyl (C=O) groups excluding carboxylic acids is 1. The Balaban J connectivity index is 2.16. The molecule has 0 saturated heterocycles. The monoisotopic (exact) mass is 357 g/mol. The molecule has 1 amide bonds. The molecule has 1 unspecified atom stereocenters. The standard InChI is InChI=1S/C19H20ClN3O2/c1-3-25-19(24)23-12(2)10-14-4-7-15(20)11-17(14)18(22-23)13-5-8-16(21)9-6-13/h4-9,11-12H,3,10,21H2,1-2H3.